The number of likely N-dealkylation sites (N-methyl/N-ethyl adjacent to an activating group) is 1. The first-order valence-electron chi connectivity index (χ1n) is 7.75. The Labute approximate surface area is 137 Å². The van der Waals surface area contributed by atoms with Crippen molar-refractivity contribution in [3.8, 4) is 0 Å². The van der Waals surface area contributed by atoms with Gasteiger partial charge in [-0.25, -0.2) is 0 Å². The molecule has 9 heteroatoms. The highest BCUT2D eigenvalue weighted by atomic mass is 32.2. The molecule has 1 fully saturated rings. The molecule has 2 heterocycles. The molecular formula is C14H25N5O3S. The third-order valence-corrected chi connectivity index (χ3v) is 5.58. The van der Waals surface area contributed by atoms with Crippen LogP contribution in [0.1, 0.15) is 44.5 Å². The molecule has 0 saturated carbocycles. The number of hydrogen-bond acceptors (Lipinski definition) is 4. The maximum Gasteiger partial charge on any atom is 0.280 e. The van der Waals surface area contributed by atoms with Gasteiger partial charge in [0.05, 0.1) is 11.7 Å². The molecule has 1 aromatic rings. The number of amides is 1. The Morgan fingerprint density at radius 3 is 2.70 bits per heavy atom. The minimum absolute atomic E-state index is 0.0449. The highest BCUT2D eigenvalue weighted by Crippen LogP contribution is 2.29. The summed E-state index contributed by atoms with van der Waals surface area (Å²) in [6.45, 7) is 8.21. The largest absolute Gasteiger partial charge is 0.353 e. The van der Waals surface area contributed by atoms with Crippen molar-refractivity contribution in [1.29, 1.82) is 0 Å². The summed E-state index contributed by atoms with van der Waals surface area (Å²) in [4.78, 5) is 12.4. The van der Waals surface area contributed by atoms with Crippen molar-refractivity contribution >= 4 is 16.1 Å². The number of hydrogen-bond donors (Lipinski definition) is 2. The van der Waals surface area contributed by atoms with Crippen molar-refractivity contribution in [2.45, 2.75) is 58.8 Å². The van der Waals surface area contributed by atoms with Crippen LogP contribution >= 0.6 is 0 Å². The maximum atomic E-state index is 12.4. The van der Waals surface area contributed by atoms with E-state index in [1.807, 2.05) is 33.9 Å². The van der Waals surface area contributed by atoms with E-state index < -0.39 is 22.3 Å². The fraction of sp³-hybridized carbons (Fsp3) is 0.714. The Kier molecular flexibility index (Phi) is 5.12. The Morgan fingerprint density at radius 2 is 2.17 bits per heavy atom. The average Bonchev–Trinajstić information content (AvgIpc) is 2.82. The second kappa shape index (κ2) is 6.58. The molecule has 130 valence electrons. The molecule has 2 atom stereocenters. The van der Waals surface area contributed by atoms with E-state index in [0.29, 0.717) is 13.0 Å². The van der Waals surface area contributed by atoms with Gasteiger partial charge in [0.2, 0.25) is 5.91 Å². The molecule has 0 aliphatic carbocycles. The number of carbonyl (C=O) groups excluding carboxylic acids is 1. The Morgan fingerprint density at radius 1 is 1.52 bits per heavy atom. The summed E-state index contributed by atoms with van der Waals surface area (Å²) in [5, 5.41) is 7.15. The molecule has 1 aromatic heterocycles. The van der Waals surface area contributed by atoms with Crippen molar-refractivity contribution in [3.63, 3.8) is 0 Å². The second-order valence-corrected chi connectivity index (χ2v) is 7.89. The SMILES string of the molecule is CCn1cc([C@@H]2C[C@@H](C(=O)NC(C)C)N(C)S(=O)(=O)N2)c(C)n1. The zero-order valence-corrected chi connectivity index (χ0v) is 15.0. The second-order valence-electron chi connectivity index (χ2n) is 6.13. The molecule has 2 rings (SSSR count). The highest BCUT2D eigenvalue weighted by molar-refractivity contribution is 7.87. The van der Waals surface area contributed by atoms with Crippen LogP contribution in [0.25, 0.3) is 0 Å². The van der Waals surface area contributed by atoms with E-state index in [1.54, 1.807) is 4.68 Å². The molecule has 1 aliphatic rings. The minimum atomic E-state index is -3.72. The molecule has 1 amide bonds. The quantitative estimate of drug-likeness (QED) is 0.823. The first-order chi connectivity index (χ1) is 10.7. The van der Waals surface area contributed by atoms with Gasteiger partial charge in [0.25, 0.3) is 10.2 Å². The zero-order chi connectivity index (χ0) is 17.4. The van der Waals surface area contributed by atoms with Gasteiger partial charge in [-0.05, 0) is 34.1 Å². The van der Waals surface area contributed by atoms with Gasteiger partial charge in [0.15, 0.2) is 0 Å². The molecule has 1 saturated heterocycles. The fourth-order valence-corrected chi connectivity index (χ4v) is 4.00. The van der Waals surface area contributed by atoms with E-state index in [9.17, 15) is 13.2 Å². The van der Waals surface area contributed by atoms with Crippen LogP contribution in [0.2, 0.25) is 0 Å². The predicted octanol–water partition coefficient (Wildman–Crippen LogP) is 0.316. The van der Waals surface area contributed by atoms with E-state index >= 15 is 0 Å². The van der Waals surface area contributed by atoms with Gasteiger partial charge in [0.1, 0.15) is 6.04 Å². The van der Waals surface area contributed by atoms with Crippen LogP contribution in [0.3, 0.4) is 0 Å². The molecule has 2 N–H and O–H groups in total. The molecule has 0 bridgehead atoms. The van der Waals surface area contributed by atoms with Crippen molar-refractivity contribution in [2.75, 3.05) is 7.05 Å². The van der Waals surface area contributed by atoms with E-state index in [4.69, 9.17) is 0 Å². The topological polar surface area (TPSA) is 96.3 Å². The summed E-state index contributed by atoms with van der Waals surface area (Å²) in [5.41, 5.74) is 1.58. The van der Waals surface area contributed by atoms with Crippen LogP contribution < -0.4 is 10.0 Å². The van der Waals surface area contributed by atoms with Crippen molar-refractivity contribution in [3.05, 3.63) is 17.5 Å². The van der Waals surface area contributed by atoms with E-state index in [-0.39, 0.29) is 11.9 Å². The first kappa shape index (κ1) is 17.9. The summed E-state index contributed by atoms with van der Waals surface area (Å²) in [6.07, 6.45) is 2.20. The normalized spacial score (nSPS) is 24.8. The van der Waals surface area contributed by atoms with Crippen LogP contribution in [0, 0.1) is 6.92 Å². The summed E-state index contributed by atoms with van der Waals surface area (Å²) in [7, 11) is -2.30. The molecule has 0 spiro atoms. The minimum Gasteiger partial charge on any atom is -0.353 e. The Hall–Kier alpha value is -1.45. The fourth-order valence-electron chi connectivity index (χ4n) is 2.73. The van der Waals surface area contributed by atoms with E-state index in [0.717, 1.165) is 15.6 Å². The smallest absolute Gasteiger partial charge is 0.280 e. The Balaban J connectivity index is 2.32. The standard InChI is InChI=1S/C14H25N5O3S/c1-6-19-8-11(10(4)16-19)12-7-13(14(20)15-9(2)3)18(5)23(21,22)17-12/h8-9,12-13,17H,6-7H2,1-5H3,(H,15,20)/t12-,13-/m0/s1. The van der Waals surface area contributed by atoms with Crippen LogP contribution in [0.5, 0.6) is 0 Å². The number of rotatable bonds is 4. The van der Waals surface area contributed by atoms with Gasteiger partial charge in [-0.1, -0.05) is 0 Å². The number of nitrogens with one attached hydrogen (secondary N) is 2. The van der Waals surface area contributed by atoms with Gasteiger partial charge in [-0.3, -0.25) is 9.48 Å². The third kappa shape index (κ3) is 3.73. The predicted molar refractivity (Wildman–Crippen MR) is 86.9 cm³/mol. The highest BCUT2D eigenvalue weighted by Gasteiger charge is 2.41. The third-order valence-electron chi connectivity index (χ3n) is 3.99. The molecular weight excluding hydrogens is 318 g/mol. The zero-order valence-electron chi connectivity index (χ0n) is 14.2. The average molecular weight is 343 g/mol. The van der Waals surface area contributed by atoms with Crippen molar-refractivity contribution in [1.82, 2.24) is 24.1 Å². The molecule has 0 radical (unpaired) electrons. The van der Waals surface area contributed by atoms with Gasteiger partial charge >= 0.3 is 0 Å². The number of nitrogens with zero attached hydrogens (tertiary/aromatic N) is 3. The Bertz CT molecular complexity index is 683. The van der Waals surface area contributed by atoms with Crippen LogP contribution in [-0.4, -0.2) is 47.5 Å². The monoisotopic (exact) mass is 343 g/mol. The molecule has 0 aromatic carbocycles. The van der Waals surface area contributed by atoms with Gasteiger partial charge in [-0.2, -0.15) is 22.5 Å². The maximum absolute atomic E-state index is 12.4. The summed E-state index contributed by atoms with van der Waals surface area (Å²) < 4.78 is 30.2. The lowest BCUT2D eigenvalue weighted by Gasteiger charge is -2.36. The van der Waals surface area contributed by atoms with Crippen molar-refractivity contribution in [2.24, 2.45) is 0 Å². The lowest BCUT2D eigenvalue weighted by atomic mass is 10.00. The number of carbonyl (C=O) groups is 1. The molecule has 23 heavy (non-hydrogen) atoms. The summed E-state index contributed by atoms with van der Waals surface area (Å²) in [5.74, 6) is -0.280. The van der Waals surface area contributed by atoms with E-state index in [2.05, 4.69) is 15.1 Å². The number of aromatic nitrogens is 2. The first-order valence-corrected chi connectivity index (χ1v) is 9.19. The molecule has 1 aliphatic heterocycles. The van der Waals surface area contributed by atoms with Crippen molar-refractivity contribution < 1.29 is 13.2 Å². The van der Waals surface area contributed by atoms with E-state index in [1.165, 1.54) is 7.05 Å². The van der Waals surface area contributed by atoms with Gasteiger partial charge in [-0.15, -0.1) is 0 Å². The van der Waals surface area contributed by atoms with Crippen LogP contribution in [0.4, 0.5) is 0 Å². The van der Waals surface area contributed by atoms with Gasteiger partial charge < -0.3 is 5.32 Å². The number of aryl methyl sites for hydroxylation is 2. The van der Waals surface area contributed by atoms with Gasteiger partial charge in [0, 0.05) is 31.4 Å². The summed E-state index contributed by atoms with van der Waals surface area (Å²) >= 11 is 0. The van der Waals surface area contributed by atoms with Crippen LogP contribution in [0.15, 0.2) is 6.20 Å². The summed E-state index contributed by atoms with van der Waals surface area (Å²) in [6, 6.07) is -1.24. The molecule has 8 nitrogen and oxygen atoms in total. The lowest BCUT2D eigenvalue weighted by molar-refractivity contribution is -0.125. The lowest BCUT2D eigenvalue weighted by Crippen LogP contribution is -2.57. The molecule has 0 unspecified atom stereocenters. The van der Waals surface area contributed by atoms with Crippen LogP contribution in [-0.2, 0) is 21.5 Å².